The fourth-order valence-electron chi connectivity index (χ4n) is 3.31. The van der Waals surface area contributed by atoms with E-state index < -0.39 is 0 Å². The second kappa shape index (κ2) is 10.1. The molecule has 1 aliphatic rings. The van der Waals surface area contributed by atoms with Gasteiger partial charge in [0.2, 0.25) is 5.91 Å². The van der Waals surface area contributed by atoms with Crippen molar-refractivity contribution in [2.75, 3.05) is 18.4 Å². The molecule has 3 amide bonds. The topological polar surface area (TPSA) is 119 Å². The first-order chi connectivity index (χ1) is 14.0. The molecular weight excluding hydrogens is 370 g/mol. The van der Waals surface area contributed by atoms with Crippen LogP contribution in [0.4, 0.5) is 10.6 Å². The van der Waals surface area contributed by atoms with E-state index in [0.717, 1.165) is 30.2 Å². The number of urea groups is 1. The fourth-order valence-corrected chi connectivity index (χ4v) is 3.31. The van der Waals surface area contributed by atoms with Crippen LogP contribution < -0.4 is 31.9 Å². The minimum Gasteiger partial charge on any atom is -0.356 e. The highest BCUT2D eigenvalue weighted by Gasteiger charge is 2.25. The van der Waals surface area contributed by atoms with Gasteiger partial charge in [0.1, 0.15) is 12.1 Å². The Bertz CT molecular complexity index is 844. The van der Waals surface area contributed by atoms with Crippen molar-refractivity contribution in [1.82, 2.24) is 31.6 Å². The van der Waals surface area contributed by atoms with Crippen LogP contribution in [0.15, 0.2) is 36.5 Å². The molecule has 2 heterocycles. The summed E-state index contributed by atoms with van der Waals surface area (Å²) in [5.74, 6) is 0.479. The molecule has 2 aromatic rings. The molecule has 1 aliphatic heterocycles. The van der Waals surface area contributed by atoms with Gasteiger partial charge in [0.05, 0.1) is 6.17 Å². The van der Waals surface area contributed by atoms with Crippen LogP contribution >= 0.6 is 0 Å². The van der Waals surface area contributed by atoms with Gasteiger partial charge < -0.3 is 16.0 Å². The van der Waals surface area contributed by atoms with E-state index >= 15 is 0 Å². The number of carbonyl (C=O) groups is 2. The Hall–Kier alpha value is -2.75. The Morgan fingerprint density at radius 1 is 1.17 bits per heavy atom. The van der Waals surface area contributed by atoms with Gasteiger partial charge in [-0.05, 0) is 37.8 Å². The molecule has 0 aliphatic carbocycles. The lowest BCUT2D eigenvalue weighted by molar-refractivity contribution is -0.118. The average Bonchev–Trinajstić information content (AvgIpc) is 2.67. The Morgan fingerprint density at radius 2 is 1.97 bits per heavy atom. The first-order valence-electron chi connectivity index (χ1n) is 9.92. The second-order valence-electron chi connectivity index (χ2n) is 7.26. The van der Waals surface area contributed by atoms with Crippen molar-refractivity contribution in [2.45, 2.75) is 45.2 Å². The molecule has 1 aromatic heterocycles. The van der Waals surface area contributed by atoms with E-state index in [1.807, 2.05) is 30.3 Å². The average molecular weight is 399 g/mol. The van der Waals surface area contributed by atoms with Crippen LogP contribution in [-0.4, -0.2) is 48.5 Å². The van der Waals surface area contributed by atoms with Crippen molar-refractivity contribution < 1.29 is 9.59 Å². The van der Waals surface area contributed by atoms with Gasteiger partial charge in [0, 0.05) is 31.1 Å². The Labute approximate surface area is 170 Å². The van der Waals surface area contributed by atoms with Crippen LogP contribution in [0.5, 0.6) is 0 Å². The summed E-state index contributed by atoms with van der Waals surface area (Å²) in [5.41, 5.74) is 0. The van der Waals surface area contributed by atoms with Crippen LogP contribution in [0.25, 0.3) is 10.8 Å². The van der Waals surface area contributed by atoms with Crippen LogP contribution in [0, 0.1) is 0 Å². The van der Waals surface area contributed by atoms with E-state index in [1.165, 1.54) is 6.92 Å². The summed E-state index contributed by atoms with van der Waals surface area (Å²) in [6, 6.07) is 9.60. The summed E-state index contributed by atoms with van der Waals surface area (Å²) in [4.78, 5) is 27.6. The summed E-state index contributed by atoms with van der Waals surface area (Å²) >= 11 is 0. The van der Waals surface area contributed by atoms with E-state index in [-0.39, 0.29) is 30.4 Å². The largest absolute Gasteiger partial charge is 0.356 e. The zero-order chi connectivity index (χ0) is 20.6. The number of hydrogen-bond donors (Lipinski definition) is 6. The van der Waals surface area contributed by atoms with Gasteiger partial charge in [-0.15, -0.1) is 0 Å². The number of aromatic nitrogens is 1. The molecule has 3 atom stereocenters. The predicted octanol–water partition coefficient (Wildman–Crippen LogP) is 1.05. The van der Waals surface area contributed by atoms with Gasteiger partial charge in [-0.25, -0.2) is 9.78 Å². The molecule has 3 unspecified atom stereocenters. The maximum absolute atomic E-state index is 12.4. The molecule has 6 N–H and O–H groups in total. The maximum atomic E-state index is 12.4. The highest BCUT2D eigenvalue weighted by atomic mass is 16.2. The molecule has 1 fully saturated rings. The highest BCUT2D eigenvalue weighted by molar-refractivity contribution is 5.91. The Balaban J connectivity index is 1.46. The van der Waals surface area contributed by atoms with E-state index in [1.54, 1.807) is 6.20 Å². The normalized spacial score (nSPS) is 21.5. The zero-order valence-corrected chi connectivity index (χ0v) is 16.8. The van der Waals surface area contributed by atoms with Gasteiger partial charge in [-0.3, -0.25) is 20.7 Å². The van der Waals surface area contributed by atoms with Crippen molar-refractivity contribution >= 4 is 28.5 Å². The number of nitrogens with one attached hydrogen (secondary N) is 6. The molecule has 9 nitrogen and oxygen atoms in total. The molecule has 1 aromatic carbocycles. The Kier molecular flexibility index (Phi) is 7.34. The van der Waals surface area contributed by atoms with Crippen molar-refractivity contribution in [1.29, 1.82) is 0 Å². The first-order valence-corrected chi connectivity index (χ1v) is 9.92. The molecule has 0 radical (unpaired) electrons. The third kappa shape index (κ3) is 6.67. The van der Waals surface area contributed by atoms with Gasteiger partial charge >= 0.3 is 6.03 Å². The van der Waals surface area contributed by atoms with E-state index in [2.05, 4.69) is 43.8 Å². The molecule has 0 saturated carbocycles. The summed E-state index contributed by atoms with van der Waals surface area (Å²) in [5, 5.41) is 20.5. The number of nitrogens with zero attached hydrogens (tertiary/aromatic N) is 1. The lowest BCUT2D eigenvalue weighted by Gasteiger charge is -2.36. The van der Waals surface area contributed by atoms with Crippen LogP contribution in [0.2, 0.25) is 0 Å². The minimum atomic E-state index is -0.368. The van der Waals surface area contributed by atoms with Crippen LogP contribution in [0.3, 0.4) is 0 Å². The number of benzene rings is 1. The Morgan fingerprint density at radius 3 is 2.76 bits per heavy atom. The summed E-state index contributed by atoms with van der Waals surface area (Å²) < 4.78 is 0. The quantitative estimate of drug-likeness (QED) is 0.388. The first kappa shape index (κ1) is 21.0. The van der Waals surface area contributed by atoms with Crippen molar-refractivity contribution in [3.63, 3.8) is 0 Å². The number of fused-ring (bicyclic) bond motifs is 1. The predicted molar refractivity (Wildman–Crippen MR) is 113 cm³/mol. The van der Waals surface area contributed by atoms with Gasteiger partial charge in [-0.1, -0.05) is 24.3 Å². The number of amides is 3. The molecule has 3 rings (SSSR count). The summed E-state index contributed by atoms with van der Waals surface area (Å²) in [7, 11) is 0. The summed E-state index contributed by atoms with van der Waals surface area (Å²) in [6.45, 7) is 5.00. The smallest absolute Gasteiger partial charge is 0.322 e. The van der Waals surface area contributed by atoms with E-state index in [9.17, 15) is 9.59 Å². The van der Waals surface area contributed by atoms with Gasteiger partial charge in [0.25, 0.3) is 0 Å². The molecule has 9 heteroatoms. The number of pyridine rings is 1. The number of hydrogen-bond acceptors (Lipinski definition) is 6. The standard InChI is InChI=1S/C20H29N7O2/c1-13-10-17(22-9-5-8-21-14(2)28)25-19(24-13)27-20(29)26-18-11-15-6-3-4-7-16(15)12-23-18/h3-4,6-7,11-13,17,19,22,24-25H,5,8-10H2,1-2H3,(H,21,28)(H2,23,26,27,29). The van der Waals surface area contributed by atoms with Crippen LogP contribution in [0.1, 0.15) is 26.7 Å². The van der Waals surface area contributed by atoms with E-state index in [4.69, 9.17) is 0 Å². The molecule has 156 valence electrons. The maximum Gasteiger partial charge on any atom is 0.322 e. The number of rotatable bonds is 7. The minimum absolute atomic E-state index is 0.0187. The molecule has 29 heavy (non-hydrogen) atoms. The number of carbonyl (C=O) groups excluding carboxylic acids is 2. The second-order valence-corrected chi connectivity index (χ2v) is 7.26. The lowest BCUT2D eigenvalue weighted by atomic mass is 10.1. The molecular formula is C20H29N7O2. The zero-order valence-electron chi connectivity index (χ0n) is 16.8. The van der Waals surface area contributed by atoms with E-state index in [0.29, 0.717) is 12.4 Å². The SMILES string of the molecule is CC(=O)NCCCNC1CC(C)NC(NC(=O)Nc2cc3ccccc3cn2)N1. The van der Waals surface area contributed by atoms with Crippen LogP contribution in [-0.2, 0) is 4.79 Å². The highest BCUT2D eigenvalue weighted by Crippen LogP contribution is 2.15. The fraction of sp³-hybridized carbons (Fsp3) is 0.450. The third-order valence-electron chi connectivity index (χ3n) is 4.67. The summed E-state index contributed by atoms with van der Waals surface area (Å²) in [6.07, 6.45) is 3.16. The van der Waals surface area contributed by atoms with Gasteiger partial charge in [-0.2, -0.15) is 0 Å². The van der Waals surface area contributed by atoms with Crippen molar-refractivity contribution in [3.05, 3.63) is 36.5 Å². The molecule has 1 saturated heterocycles. The van der Waals surface area contributed by atoms with Crippen molar-refractivity contribution in [3.8, 4) is 0 Å². The van der Waals surface area contributed by atoms with Gasteiger partial charge in [0.15, 0.2) is 0 Å². The van der Waals surface area contributed by atoms with Crippen molar-refractivity contribution in [2.24, 2.45) is 0 Å². The molecule has 0 bridgehead atoms. The molecule has 0 spiro atoms. The third-order valence-corrected chi connectivity index (χ3v) is 4.67. The lowest BCUT2D eigenvalue weighted by Crippen LogP contribution is -2.67. The number of anilines is 1. The monoisotopic (exact) mass is 399 g/mol.